The van der Waals surface area contributed by atoms with Crippen molar-refractivity contribution in [2.45, 2.75) is 33.2 Å². The minimum Gasteiger partial charge on any atom is -0.356 e. The van der Waals surface area contributed by atoms with Gasteiger partial charge in [0.25, 0.3) is 0 Å². The molecule has 0 unspecified atom stereocenters. The molecule has 4 heteroatoms. The first-order valence-corrected chi connectivity index (χ1v) is 7.56. The van der Waals surface area contributed by atoms with E-state index in [2.05, 4.69) is 53.7 Å². The molecule has 0 bridgehead atoms. The molecule has 1 aromatic carbocycles. The van der Waals surface area contributed by atoms with Crippen LogP contribution in [-0.4, -0.2) is 10.1 Å². The number of hydrogen-bond donors (Lipinski definition) is 2. The zero-order valence-electron chi connectivity index (χ0n) is 12.7. The first kappa shape index (κ1) is 15.4. The normalized spacial score (nSPS) is 11.8. The molecule has 0 saturated carbocycles. The van der Waals surface area contributed by atoms with Gasteiger partial charge in [-0.25, -0.2) is 4.98 Å². The van der Waals surface area contributed by atoms with E-state index in [0.29, 0.717) is 5.11 Å². The zero-order valence-corrected chi connectivity index (χ0v) is 13.5. The monoisotopic (exact) mass is 299 g/mol. The van der Waals surface area contributed by atoms with Crippen molar-refractivity contribution in [2.24, 2.45) is 0 Å². The Hall–Kier alpha value is -1.94. The van der Waals surface area contributed by atoms with Crippen molar-refractivity contribution in [1.82, 2.24) is 10.3 Å². The van der Waals surface area contributed by atoms with Crippen molar-refractivity contribution >= 4 is 23.1 Å². The fourth-order valence-electron chi connectivity index (χ4n) is 2.07. The molecule has 0 spiro atoms. The molecule has 1 heterocycles. The Morgan fingerprint density at radius 2 is 1.76 bits per heavy atom. The lowest BCUT2D eigenvalue weighted by Crippen LogP contribution is -2.32. The maximum absolute atomic E-state index is 5.37. The van der Waals surface area contributed by atoms with Crippen LogP contribution in [0.15, 0.2) is 42.6 Å². The van der Waals surface area contributed by atoms with Crippen molar-refractivity contribution < 1.29 is 0 Å². The average molecular weight is 299 g/mol. The summed E-state index contributed by atoms with van der Waals surface area (Å²) in [6.45, 7) is 6.25. The molecule has 2 N–H and O–H groups in total. The SMILES string of the molecule is CC[C@H](NC(=S)Nc1ccc(C)cn1)c1ccc(C)cc1. The number of benzene rings is 1. The number of nitrogens with one attached hydrogen (secondary N) is 2. The van der Waals surface area contributed by atoms with Gasteiger partial charge in [0.1, 0.15) is 5.82 Å². The van der Waals surface area contributed by atoms with Gasteiger partial charge in [-0.05, 0) is 49.7 Å². The number of thiocarbonyl (C=S) groups is 1. The lowest BCUT2D eigenvalue weighted by atomic mass is 10.0. The van der Waals surface area contributed by atoms with E-state index in [1.54, 1.807) is 0 Å². The second-order valence-corrected chi connectivity index (χ2v) is 5.60. The Labute approximate surface area is 131 Å². The maximum atomic E-state index is 5.37. The standard InChI is InChI=1S/C17H21N3S/c1-4-15(14-8-5-12(2)6-9-14)19-17(21)20-16-10-7-13(3)11-18-16/h5-11,15H,4H2,1-3H3,(H2,18,19,20,21)/t15-/m0/s1. The van der Waals surface area contributed by atoms with Crippen LogP contribution in [0.1, 0.15) is 36.1 Å². The first-order valence-electron chi connectivity index (χ1n) is 7.15. The third kappa shape index (κ3) is 4.53. The van der Waals surface area contributed by atoms with Gasteiger partial charge in [0.15, 0.2) is 5.11 Å². The summed E-state index contributed by atoms with van der Waals surface area (Å²) in [4.78, 5) is 4.30. The number of nitrogens with zero attached hydrogens (tertiary/aromatic N) is 1. The molecule has 0 amide bonds. The highest BCUT2D eigenvalue weighted by Crippen LogP contribution is 2.17. The van der Waals surface area contributed by atoms with Crippen LogP contribution in [0.25, 0.3) is 0 Å². The molecule has 0 saturated heterocycles. The molecular weight excluding hydrogens is 278 g/mol. The van der Waals surface area contributed by atoms with Gasteiger partial charge in [0, 0.05) is 6.20 Å². The van der Waals surface area contributed by atoms with Gasteiger partial charge in [0.2, 0.25) is 0 Å². The molecular formula is C17H21N3S. The molecule has 1 atom stereocenters. The highest BCUT2D eigenvalue weighted by molar-refractivity contribution is 7.80. The number of anilines is 1. The summed E-state index contributed by atoms with van der Waals surface area (Å²) in [5, 5.41) is 7.07. The first-order chi connectivity index (χ1) is 10.1. The van der Waals surface area contributed by atoms with Crippen LogP contribution in [-0.2, 0) is 0 Å². The minimum atomic E-state index is 0.205. The van der Waals surface area contributed by atoms with Crippen LogP contribution < -0.4 is 10.6 Å². The van der Waals surface area contributed by atoms with Crippen molar-refractivity contribution in [3.63, 3.8) is 0 Å². The van der Waals surface area contributed by atoms with Crippen LogP contribution in [0.2, 0.25) is 0 Å². The van der Waals surface area contributed by atoms with Gasteiger partial charge in [-0.3, -0.25) is 0 Å². The van der Waals surface area contributed by atoms with E-state index in [9.17, 15) is 0 Å². The largest absolute Gasteiger partial charge is 0.356 e. The molecule has 1 aromatic heterocycles. The van der Waals surface area contributed by atoms with Crippen molar-refractivity contribution in [2.75, 3.05) is 5.32 Å². The molecule has 3 nitrogen and oxygen atoms in total. The van der Waals surface area contributed by atoms with E-state index in [0.717, 1.165) is 17.8 Å². The van der Waals surface area contributed by atoms with E-state index < -0.39 is 0 Å². The predicted molar refractivity (Wildman–Crippen MR) is 92.5 cm³/mol. The van der Waals surface area contributed by atoms with Gasteiger partial charge in [-0.2, -0.15) is 0 Å². The fourth-order valence-corrected chi connectivity index (χ4v) is 2.32. The quantitative estimate of drug-likeness (QED) is 0.832. The Balaban J connectivity index is 1.99. The van der Waals surface area contributed by atoms with E-state index in [1.165, 1.54) is 11.1 Å². The third-order valence-corrected chi connectivity index (χ3v) is 3.57. The van der Waals surface area contributed by atoms with E-state index in [1.807, 2.05) is 25.3 Å². The summed E-state index contributed by atoms with van der Waals surface area (Å²) in [6.07, 6.45) is 2.79. The summed E-state index contributed by atoms with van der Waals surface area (Å²) >= 11 is 5.37. The number of rotatable bonds is 4. The summed E-state index contributed by atoms with van der Waals surface area (Å²) < 4.78 is 0. The molecule has 0 aliphatic heterocycles. The summed E-state index contributed by atoms with van der Waals surface area (Å²) in [6, 6.07) is 12.7. The Morgan fingerprint density at radius 3 is 2.33 bits per heavy atom. The smallest absolute Gasteiger partial charge is 0.172 e. The summed E-state index contributed by atoms with van der Waals surface area (Å²) in [5.74, 6) is 0.761. The third-order valence-electron chi connectivity index (χ3n) is 3.35. The van der Waals surface area contributed by atoms with Crippen LogP contribution in [0, 0.1) is 13.8 Å². The average Bonchev–Trinajstić information content (AvgIpc) is 2.48. The van der Waals surface area contributed by atoms with Gasteiger partial charge < -0.3 is 10.6 Å². The van der Waals surface area contributed by atoms with E-state index >= 15 is 0 Å². The highest BCUT2D eigenvalue weighted by atomic mass is 32.1. The number of pyridine rings is 1. The second-order valence-electron chi connectivity index (χ2n) is 5.19. The molecule has 0 radical (unpaired) electrons. The van der Waals surface area contributed by atoms with Crippen LogP contribution in [0.5, 0.6) is 0 Å². The van der Waals surface area contributed by atoms with Crippen LogP contribution in [0.4, 0.5) is 5.82 Å². The molecule has 2 aromatic rings. The Morgan fingerprint density at radius 1 is 1.10 bits per heavy atom. The Kier molecular flexibility index (Phi) is 5.28. The Bertz CT molecular complexity index is 590. The lowest BCUT2D eigenvalue weighted by Gasteiger charge is -2.20. The molecule has 2 rings (SSSR count). The molecule has 110 valence electrons. The van der Waals surface area contributed by atoms with Crippen molar-refractivity contribution in [3.8, 4) is 0 Å². The van der Waals surface area contributed by atoms with Crippen LogP contribution in [0.3, 0.4) is 0 Å². The van der Waals surface area contributed by atoms with E-state index in [-0.39, 0.29) is 6.04 Å². The highest BCUT2D eigenvalue weighted by Gasteiger charge is 2.10. The number of aryl methyl sites for hydroxylation is 2. The fraction of sp³-hybridized carbons (Fsp3) is 0.294. The lowest BCUT2D eigenvalue weighted by molar-refractivity contribution is 0.629. The van der Waals surface area contributed by atoms with Crippen molar-refractivity contribution in [3.05, 3.63) is 59.3 Å². The van der Waals surface area contributed by atoms with Gasteiger partial charge in [-0.1, -0.05) is 42.8 Å². The van der Waals surface area contributed by atoms with Gasteiger partial charge in [0.05, 0.1) is 6.04 Å². The summed E-state index contributed by atoms with van der Waals surface area (Å²) in [5.41, 5.74) is 3.63. The summed E-state index contributed by atoms with van der Waals surface area (Å²) in [7, 11) is 0. The second kappa shape index (κ2) is 7.18. The molecule has 0 aliphatic rings. The maximum Gasteiger partial charge on any atom is 0.172 e. The zero-order chi connectivity index (χ0) is 15.2. The number of aromatic nitrogens is 1. The number of hydrogen-bond acceptors (Lipinski definition) is 2. The van der Waals surface area contributed by atoms with Crippen LogP contribution >= 0.6 is 12.2 Å². The predicted octanol–water partition coefficient (Wildman–Crippen LogP) is 4.14. The minimum absolute atomic E-state index is 0.205. The molecule has 0 aliphatic carbocycles. The van der Waals surface area contributed by atoms with Gasteiger partial charge in [-0.15, -0.1) is 0 Å². The topological polar surface area (TPSA) is 37.0 Å². The van der Waals surface area contributed by atoms with Gasteiger partial charge >= 0.3 is 0 Å². The molecule has 21 heavy (non-hydrogen) atoms. The van der Waals surface area contributed by atoms with Crippen molar-refractivity contribution in [1.29, 1.82) is 0 Å². The molecule has 0 fully saturated rings. The van der Waals surface area contributed by atoms with E-state index in [4.69, 9.17) is 12.2 Å².